The summed E-state index contributed by atoms with van der Waals surface area (Å²) in [6.45, 7) is 1.19. The van der Waals surface area contributed by atoms with Crippen molar-refractivity contribution in [3.05, 3.63) is 36.0 Å². The molecule has 21 heavy (non-hydrogen) atoms. The Kier molecular flexibility index (Phi) is 5.34. The number of rotatable bonds is 7. The third-order valence-corrected chi connectivity index (χ3v) is 3.07. The minimum absolute atomic E-state index is 0.148. The van der Waals surface area contributed by atoms with Gasteiger partial charge in [-0.2, -0.15) is 5.10 Å². The number of methoxy groups -OCH3 is 2. The van der Waals surface area contributed by atoms with Crippen molar-refractivity contribution >= 4 is 5.91 Å². The van der Waals surface area contributed by atoms with E-state index in [1.165, 1.54) is 6.20 Å². The van der Waals surface area contributed by atoms with Gasteiger partial charge in [-0.25, -0.2) is 0 Å². The Morgan fingerprint density at radius 3 is 2.71 bits per heavy atom. The number of nitrogens with one attached hydrogen (secondary N) is 2. The van der Waals surface area contributed by atoms with Crippen LogP contribution < -0.4 is 10.1 Å². The van der Waals surface area contributed by atoms with Crippen LogP contribution in [0.3, 0.4) is 0 Å². The standard InChI is InChI=1S/C15H19N3O3/c1-20-9-3-8-16-15(19)13-10-17-18-14(13)11-4-6-12(21-2)7-5-11/h4-7,10H,3,8-9H2,1-2H3,(H,16,19)(H,17,18). The topological polar surface area (TPSA) is 76.2 Å². The highest BCUT2D eigenvalue weighted by Gasteiger charge is 2.14. The lowest BCUT2D eigenvalue weighted by Crippen LogP contribution is -2.25. The van der Waals surface area contributed by atoms with Gasteiger partial charge in [0.05, 0.1) is 24.6 Å². The number of aromatic nitrogens is 2. The van der Waals surface area contributed by atoms with Gasteiger partial charge in [-0.3, -0.25) is 9.89 Å². The number of carbonyl (C=O) groups excluding carboxylic acids is 1. The molecule has 0 radical (unpaired) electrons. The third-order valence-electron chi connectivity index (χ3n) is 3.07. The maximum absolute atomic E-state index is 12.1. The van der Waals surface area contributed by atoms with Crippen LogP contribution in [0.1, 0.15) is 16.8 Å². The Morgan fingerprint density at radius 1 is 1.29 bits per heavy atom. The Morgan fingerprint density at radius 2 is 2.05 bits per heavy atom. The number of aromatic amines is 1. The van der Waals surface area contributed by atoms with Crippen LogP contribution in [0.25, 0.3) is 11.3 Å². The fraction of sp³-hybridized carbons (Fsp3) is 0.333. The van der Waals surface area contributed by atoms with Gasteiger partial charge in [0.1, 0.15) is 5.75 Å². The van der Waals surface area contributed by atoms with Crippen LogP contribution in [0, 0.1) is 0 Å². The number of benzene rings is 1. The number of ether oxygens (including phenoxy) is 2. The van der Waals surface area contributed by atoms with Gasteiger partial charge in [-0.15, -0.1) is 0 Å². The second-order valence-electron chi connectivity index (χ2n) is 4.49. The average molecular weight is 289 g/mol. The zero-order chi connectivity index (χ0) is 15.1. The van der Waals surface area contributed by atoms with E-state index in [-0.39, 0.29) is 5.91 Å². The molecular weight excluding hydrogens is 270 g/mol. The maximum Gasteiger partial charge on any atom is 0.255 e. The number of carbonyl (C=O) groups is 1. The molecule has 2 aromatic rings. The van der Waals surface area contributed by atoms with Crippen LogP contribution in [0.5, 0.6) is 5.75 Å². The SMILES string of the molecule is COCCCNC(=O)c1cn[nH]c1-c1ccc(OC)cc1. The molecule has 0 saturated carbocycles. The van der Waals surface area contributed by atoms with Crippen LogP contribution >= 0.6 is 0 Å². The second kappa shape index (κ2) is 7.44. The van der Waals surface area contributed by atoms with Crippen LogP contribution in [0.4, 0.5) is 0 Å². The number of hydrogen-bond acceptors (Lipinski definition) is 4. The summed E-state index contributed by atoms with van der Waals surface area (Å²) in [5.41, 5.74) is 2.11. The first kappa shape index (κ1) is 15.1. The van der Waals surface area contributed by atoms with Crippen molar-refractivity contribution in [1.29, 1.82) is 0 Å². The summed E-state index contributed by atoms with van der Waals surface area (Å²) < 4.78 is 10.1. The lowest BCUT2D eigenvalue weighted by atomic mass is 10.1. The molecule has 1 heterocycles. The highest BCUT2D eigenvalue weighted by Crippen LogP contribution is 2.23. The molecule has 112 valence electrons. The number of hydrogen-bond donors (Lipinski definition) is 2. The first-order valence-electron chi connectivity index (χ1n) is 6.71. The molecule has 6 heteroatoms. The zero-order valence-corrected chi connectivity index (χ0v) is 12.2. The molecule has 6 nitrogen and oxygen atoms in total. The van der Waals surface area contributed by atoms with Crippen molar-refractivity contribution < 1.29 is 14.3 Å². The Balaban J connectivity index is 2.08. The van der Waals surface area contributed by atoms with Gasteiger partial charge in [0, 0.05) is 25.8 Å². The summed E-state index contributed by atoms with van der Waals surface area (Å²) in [5, 5.41) is 9.68. The number of nitrogens with zero attached hydrogens (tertiary/aromatic N) is 1. The van der Waals surface area contributed by atoms with Crippen LogP contribution in [0.15, 0.2) is 30.5 Å². The molecule has 1 aromatic carbocycles. The van der Waals surface area contributed by atoms with Crippen molar-refractivity contribution in [2.24, 2.45) is 0 Å². The van der Waals surface area contributed by atoms with Crippen molar-refractivity contribution in [1.82, 2.24) is 15.5 Å². The molecule has 2 N–H and O–H groups in total. The fourth-order valence-corrected chi connectivity index (χ4v) is 1.95. The van der Waals surface area contributed by atoms with E-state index in [1.54, 1.807) is 14.2 Å². The van der Waals surface area contributed by atoms with Crippen LogP contribution in [0.2, 0.25) is 0 Å². The smallest absolute Gasteiger partial charge is 0.255 e. The van der Waals surface area contributed by atoms with E-state index in [9.17, 15) is 4.79 Å². The quantitative estimate of drug-likeness (QED) is 0.763. The summed E-state index contributed by atoms with van der Waals surface area (Å²) in [7, 11) is 3.25. The number of amides is 1. The van der Waals surface area contributed by atoms with E-state index in [0.29, 0.717) is 24.4 Å². The second-order valence-corrected chi connectivity index (χ2v) is 4.49. The first-order valence-corrected chi connectivity index (χ1v) is 6.71. The normalized spacial score (nSPS) is 10.4. The predicted octanol–water partition coefficient (Wildman–Crippen LogP) is 1.85. The molecule has 0 fully saturated rings. The number of H-pyrrole nitrogens is 1. The molecule has 0 aliphatic carbocycles. The van der Waals surface area contributed by atoms with Crippen molar-refractivity contribution in [3.8, 4) is 17.0 Å². The summed E-state index contributed by atoms with van der Waals surface area (Å²) in [5.74, 6) is 0.620. The van der Waals surface area contributed by atoms with Crippen LogP contribution in [-0.2, 0) is 4.74 Å². The molecule has 0 spiro atoms. The average Bonchev–Trinajstić information content (AvgIpc) is 3.01. The molecule has 0 aliphatic rings. The molecule has 0 unspecified atom stereocenters. The highest BCUT2D eigenvalue weighted by atomic mass is 16.5. The van der Waals surface area contributed by atoms with Crippen molar-refractivity contribution in [3.63, 3.8) is 0 Å². The largest absolute Gasteiger partial charge is 0.497 e. The summed E-state index contributed by atoms with van der Waals surface area (Å²) in [4.78, 5) is 12.1. The molecule has 0 aliphatic heterocycles. The Bertz CT molecular complexity index is 578. The summed E-state index contributed by atoms with van der Waals surface area (Å²) in [6, 6.07) is 7.45. The highest BCUT2D eigenvalue weighted by molar-refractivity contribution is 5.99. The monoisotopic (exact) mass is 289 g/mol. The Hall–Kier alpha value is -2.34. The van der Waals surface area contributed by atoms with Crippen molar-refractivity contribution in [2.45, 2.75) is 6.42 Å². The van der Waals surface area contributed by atoms with Gasteiger partial charge in [0.2, 0.25) is 0 Å². The van der Waals surface area contributed by atoms with Gasteiger partial charge >= 0.3 is 0 Å². The molecular formula is C15H19N3O3. The molecule has 1 aromatic heterocycles. The Labute approximate surface area is 123 Å². The van der Waals surface area contributed by atoms with E-state index >= 15 is 0 Å². The van der Waals surface area contributed by atoms with E-state index in [1.807, 2.05) is 24.3 Å². The van der Waals surface area contributed by atoms with Gasteiger partial charge < -0.3 is 14.8 Å². The lowest BCUT2D eigenvalue weighted by molar-refractivity contribution is 0.0949. The van der Waals surface area contributed by atoms with E-state index in [2.05, 4.69) is 15.5 Å². The third kappa shape index (κ3) is 3.82. The van der Waals surface area contributed by atoms with E-state index in [4.69, 9.17) is 9.47 Å². The molecule has 0 atom stereocenters. The molecule has 0 saturated heterocycles. The van der Waals surface area contributed by atoms with E-state index < -0.39 is 0 Å². The van der Waals surface area contributed by atoms with Crippen LogP contribution in [-0.4, -0.2) is 43.5 Å². The zero-order valence-electron chi connectivity index (χ0n) is 12.2. The van der Waals surface area contributed by atoms with Crippen molar-refractivity contribution in [2.75, 3.05) is 27.4 Å². The molecule has 1 amide bonds. The fourth-order valence-electron chi connectivity index (χ4n) is 1.95. The first-order chi connectivity index (χ1) is 10.3. The predicted molar refractivity (Wildman–Crippen MR) is 79.4 cm³/mol. The van der Waals surface area contributed by atoms with Gasteiger partial charge in [-0.05, 0) is 30.7 Å². The van der Waals surface area contributed by atoms with E-state index in [0.717, 1.165) is 17.7 Å². The van der Waals surface area contributed by atoms with Gasteiger partial charge in [0.25, 0.3) is 5.91 Å². The summed E-state index contributed by atoms with van der Waals surface area (Å²) in [6.07, 6.45) is 2.31. The lowest BCUT2D eigenvalue weighted by Gasteiger charge is -2.06. The molecule has 0 bridgehead atoms. The van der Waals surface area contributed by atoms with Gasteiger partial charge in [-0.1, -0.05) is 0 Å². The minimum Gasteiger partial charge on any atom is -0.497 e. The minimum atomic E-state index is -0.148. The molecule has 2 rings (SSSR count). The summed E-state index contributed by atoms with van der Waals surface area (Å²) >= 11 is 0. The van der Waals surface area contributed by atoms with Gasteiger partial charge in [0.15, 0.2) is 0 Å². The maximum atomic E-state index is 12.1.